The van der Waals surface area contributed by atoms with E-state index in [1.54, 1.807) is 0 Å². The summed E-state index contributed by atoms with van der Waals surface area (Å²) in [6.07, 6.45) is 0. The summed E-state index contributed by atoms with van der Waals surface area (Å²) in [7, 11) is 0. The number of aromatic nitrogens is 2. The van der Waals surface area contributed by atoms with E-state index in [1.807, 2.05) is 72.8 Å². The number of nitrogens with two attached hydrogens (primary N) is 1. The molecule has 1 heterocycles. The number of nitrogen functional groups attached to an aromatic ring is 1. The van der Waals surface area contributed by atoms with E-state index in [0.717, 1.165) is 54.3 Å². The van der Waals surface area contributed by atoms with Gasteiger partial charge in [0.1, 0.15) is 17.3 Å². The highest BCUT2D eigenvalue weighted by Crippen LogP contribution is 2.35. The van der Waals surface area contributed by atoms with Crippen molar-refractivity contribution in [3.8, 4) is 45.4 Å². The number of hydrogen-bond donors (Lipinski definition) is 2. The molecule has 0 saturated heterocycles. The molecule has 33 heavy (non-hydrogen) atoms. The molecule has 0 aliphatic heterocycles. The summed E-state index contributed by atoms with van der Waals surface area (Å²) in [5.74, 6) is 2.23. The number of nitrogens with one attached hydrogen (secondary N) is 1. The van der Waals surface area contributed by atoms with Crippen molar-refractivity contribution in [1.82, 2.24) is 9.97 Å². The largest absolute Gasteiger partial charge is 0.457 e. The summed E-state index contributed by atoms with van der Waals surface area (Å²) in [5, 5.41) is 0. The molecule has 0 amide bonds. The van der Waals surface area contributed by atoms with Gasteiger partial charge in [-0.15, -0.1) is 0 Å². The van der Waals surface area contributed by atoms with E-state index in [9.17, 15) is 0 Å². The molecule has 0 saturated carbocycles. The van der Waals surface area contributed by atoms with Crippen molar-refractivity contribution in [1.29, 1.82) is 0 Å². The third kappa shape index (κ3) is 4.87. The van der Waals surface area contributed by atoms with Crippen molar-refractivity contribution in [3.05, 3.63) is 106 Å². The molecule has 0 spiro atoms. The van der Waals surface area contributed by atoms with Gasteiger partial charge in [-0.1, -0.05) is 68.3 Å². The molecule has 5 aromatic rings. The maximum Gasteiger partial charge on any atom is 0.138 e. The molecule has 6 heteroatoms. The van der Waals surface area contributed by atoms with Gasteiger partial charge in [0, 0.05) is 31.3 Å². The first-order valence-corrected chi connectivity index (χ1v) is 11.9. The average Bonchev–Trinajstić information content (AvgIpc) is 3.27. The Kier molecular flexibility index (Phi) is 6.03. The molecule has 4 aromatic carbocycles. The first-order chi connectivity index (χ1) is 16.0. The van der Waals surface area contributed by atoms with Gasteiger partial charge in [0.25, 0.3) is 0 Å². The van der Waals surface area contributed by atoms with Gasteiger partial charge in [-0.3, -0.25) is 0 Å². The van der Waals surface area contributed by atoms with Crippen LogP contribution in [0.25, 0.3) is 33.9 Å². The fourth-order valence-electron chi connectivity index (χ4n) is 3.53. The zero-order chi connectivity index (χ0) is 22.8. The zero-order valence-electron chi connectivity index (χ0n) is 17.4. The van der Waals surface area contributed by atoms with Crippen LogP contribution in [0.3, 0.4) is 0 Å². The molecular formula is C27H19Br2N3O. The molecule has 0 atom stereocenters. The standard InChI is InChI=1S/C27H19Br2N3O/c28-20-8-4-17(5-9-20)25-26(18-6-10-21(29)11-7-18)32-27(31-25)19-2-1-3-24(16-19)33-23-14-12-22(30)13-15-23/h1-16H,30H2,(H,31,32). The van der Waals surface area contributed by atoms with Crippen molar-refractivity contribution in [2.75, 3.05) is 5.73 Å². The van der Waals surface area contributed by atoms with Crippen LogP contribution in [-0.2, 0) is 0 Å². The molecule has 0 radical (unpaired) electrons. The van der Waals surface area contributed by atoms with Crippen molar-refractivity contribution in [2.45, 2.75) is 0 Å². The van der Waals surface area contributed by atoms with Gasteiger partial charge in [0.05, 0.1) is 11.4 Å². The van der Waals surface area contributed by atoms with Crippen molar-refractivity contribution >= 4 is 37.5 Å². The van der Waals surface area contributed by atoms with Crippen LogP contribution in [0, 0.1) is 0 Å². The van der Waals surface area contributed by atoms with Crippen molar-refractivity contribution in [2.24, 2.45) is 0 Å². The van der Waals surface area contributed by atoms with Crippen molar-refractivity contribution in [3.63, 3.8) is 0 Å². The summed E-state index contributed by atoms with van der Waals surface area (Å²) in [4.78, 5) is 8.52. The number of benzene rings is 4. The van der Waals surface area contributed by atoms with Crippen LogP contribution in [0.5, 0.6) is 11.5 Å². The topological polar surface area (TPSA) is 63.9 Å². The molecule has 5 rings (SSSR count). The number of imidazole rings is 1. The van der Waals surface area contributed by atoms with E-state index in [2.05, 4.69) is 61.1 Å². The summed E-state index contributed by atoms with van der Waals surface area (Å²) in [5.41, 5.74) is 11.4. The lowest BCUT2D eigenvalue weighted by molar-refractivity contribution is 0.483. The molecule has 0 fully saturated rings. The Bertz CT molecular complexity index is 1330. The minimum Gasteiger partial charge on any atom is -0.457 e. The average molecular weight is 561 g/mol. The molecule has 0 unspecified atom stereocenters. The molecule has 0 bridgehead atoms. The first-order valence-electron chi connectivity index (χ1n) is 10.3. The number of aromatic amines is 1. The summed E-state index contributed by atoms with van der Waals surface area (Å²) in [6, 6.07) is 31.6. The number of halogens is 2. The second-order valence-corrected chi connectivity index (χ2v) is 9.35. The Morgan fingerprint density at radius 3 is 1.97 bits per heavy atom. The number of ether oxygens (including phenoxy) is 1. The van der Waals surface area contributed by atoms with Gasteiger partial charge < -0.3 is 15.5 Å². The second-order valence-electron chi connectivity index (χ2n) is 7.52. The number of rotatable bonds is 5. The van der Waals surface area contributed by atoms with Crippen LogP contribution >= 0.6 is 31.9 Å². The Morgan fingerprint density at radius 2 is 1.30 bits per heavy atom. The highest BCUT2D eigenvalue weighted by Gasteiger charge is 2.16. The summed E-state index contributed by atoms with van der Waals surface area (Å²) >= 11 is 7.03. The Balaban J connectivity index is 1.56. The van der Waals surface area contributed by atoms with Crippen LogP contribution in [0.2, 0.25) is 0 Å². The van der Waals surface area contributed by atoms with Crippen LogP contribution in [0.1, 0.15) is 0 Å². The Labute approximate surface area is 208 Å². The van der Waals surface area contributed by atoms with E-state index < -0.39 is 0 Å². The Morgan fingerprint density at radius 1 is 0.667 bits per heavy atom. The maximum absolute atomic E-state index is 6.02. The molecule has 0 aliphatic rings. The minimum absolute atomic E-state index is 0.702. The molecular weight excluding hydrogens is 542 g/mol. The van der Waals surface area contributed by atoms with E-state index in [-0.39, 0.29) is 0 Å². The van der Waals surface area contributed by atoms with Crippen LogP contribution < -0.4 is 10.5 Å². The lowest BCUT2D eigenvalue weighted by atomic mass is 10.1. The van der Waals surface area contributed by atoms with Gasteiger partial charge in [-0.25, -0.2) is 4.98 Å². The predicted octanol–water partition coefficient (Wildman–Crippen LogP) is 8.31. The smallest absolute Gasteiger partial charge is 0.138 e. The van der Waals surface area contributed by atoms with E-state index in [4.69, 9.17) is 15.5 Å². The van der Waals surface area contributed by atoms with Crippen LogP contribution in [0.4, 0.5) is 5.69 Å². The fourth-order valence-corrected chi connectivity index (χ4v) is 4.06. The third-order valence-corrected chi connectivity index (χ3v) is 6.23. The molecule has 3 N–H and O–H groups in total. The zero-order valence-corrected chi connectivity index (χ0v) is 20.6. The van der Waals surface area contributed by atoms with Crippen LogP contribution in [0.15, 0.2) is 106 Å². The number of anilines is 1. The Hall–Kier alpha value is -3.35. The van der Waals surface area contributed by atoms with Crippen LogP contribution in [-0.4, -0.2) is 9.97 Å². The van der Waals surface area contributed by atoms with Gasteiger partial charge in [-0.05, 0) is 60.7 Å². The summed E-state index contributed by atoms with van der Waals surface area (Å²) in [6.45, 7) is 0. The van der Waals surface area contributed by atoms with E-state index in [0.29, 0.717) is 5.69 Å². The maximum atomic E-state index is 6.02. The third-order valence-electron chi connectivity index (χ3n) is 5.18. The number of hydrogen-bond acceptors (Lipinski definition) is 3. The molecule has 162 valence electrons. The molecule has 0 aliphatic carbocycles. The normalized spacial score (nSPS) is 10.8. The highest BCUT2D eigenvalue weighted by atomic mass is 79.9. The minimum atomic E-state index is 0.702. The van der Waals surface area contributed by atoms with Crippen molar-refractivity contribution < 1.29 is 4.74 Å². The first kappa shape index (κ1) is 21.5. The van der Waals surface area contributed by atoms with Gasteiger partial charge >= 0.3 is 0 Å². The highest BCUT2D eigenvalue weighted by molar-refractivity contribution is 9.10. The second kappa shape index (κ2) is 9.25. The quantitative estimate of drug-likeness (QED) is 0.212. The van der Waals surface area contributed by atoms with E-state index in [1.165, 1.54) is 0 Å². The monoisotopic (exact) mass is 559 g/mol. The lowest BCUT2D eigenvalue weighted by Crippen LogP contribution is -1.88. The van der Waals surface area contributed by atoms with Gasteiger partial charge in [0.15, 0.2) is 0 Å². The molecule has 1 aromatic heterocycles. The number of nitrogens with zero attached hydrogens (tertiary/aromatic N) is 1. The SMILES string of the molecule is Nc1ccc(Oc2cccc(-c3nc(-c4ccc(Br)cc4)c(-c4ccc(Br)cc4)[nH]3)c2)cc1. The number of H-pyrrole nitrogens is 1. The van der Waals surface area contributed by atoms with E-state index >= 15 is 0 Å². The predicted molar refractivity (Wildman–Crippen MR) is 141 cm³/mol. The fraction of sp³-hybridized carbons (Fsp3) is 0. The van der Waals surface area contributed by atoms with Gasteiger partial charge in [0.2, 0.25) is 0 Å². The van der Waals surface area contributed by atoms with Gasteiger partial charge in [-0.2, -0.15) is 0 Å². The molecule has 4 nitrogen and oxygen atoms in total. The lowest BCUT2D eigenvalue weighted by Gasteiger charge is -2.07. The summed E-state index contributed by atoms with van der Waals surface area (Å²) < 4.78 is 8.08.